The quantitative estimate of drug-likeness (QED) is 0.684. The lowest BCUT2D eigenvalue weighted by Gasteiger charge is -2.24. The molecule has 0 unspecified atom stereocenters. The van der Waals surface area contributed by atoms with Gasteiger partial charge in [-0.05, 0) is 20.8 Å². The number of carbonyl (C=O) groups is 1. The number of aromatic carboxylic acids is 1. The minimum absolute atomic E-state index is 0.144. The summed E-state index contributed by atoms with van der Waals surface area (Å²) in [5, 5.41) is 14.8. The van der Waals surface area contributed by atoms with Crippen LogP contribution < -0.4 is 4.72 Å². The van der Waals surface area contributed by atoms with Gasteiger partial charge in [-0.1, -0.05) is 0 Å². The van der Waals surface area contributed by atoms with Gasteiger partial charge in [-0.25, -0.2) is 17.9 Å². The van der Waals surface area contributed by atoms with E-state index in [0.29, 0.717) is 0 Å². The summed E-state index contributed by atoms with van der Waals surface area (Å²) in [6.45, 7) is 4.84. The van der Waals surface area contributed by atoms with E-state index in [1.54, 1.807) is 13.8 Å². The molecule has 1 aromatic heterocycles. The van der Waals surface area contributed by atoms with Crippen LogP contribution in [-0.4, -0.2) is 48.9 Å². The number of hydrogen-bond donors (Lipinski definition) is 3. The molecule has 0 spiro atoms. The van der Waals surface area contributed by atoms with Crippen molar-refractivity contribution in [3.8, 4) is 0 Å². The second kappa shape index (κ2) is 5.27. The van der Waals surface area contributed by atoms with Gasteiger partial charge >= 0.3 is 5.97 Å². The Morgan fingerprint density at radius 2 is 2.11 bits per heavy atom. The Morgan fingerprint density at radius 1 is 1.53 bits per heavy atom. The molecule has 108 valence electrons. The topological polar surface area (TPSA) is 121 Å². The third-order valence-electron chi connectivity index (χ3n) is 2.28. The maximum atomic E-state index is 12.2. The highest BCUT2D eigenvalue weighted by atomic mass is 32.2. The fourth-order valence-corrected chi connectivity index (χ4v) is 3.42. The van der Waals surface area contributed by atoms with Gasteiger partial charge in [0.25, 0.3) is 0 Å². The van der Waals surface area contributed by atoms with Crippen molar-refractivity contribution in [3.05, 3.63) is 11.4 Å². The highest BCUT2D eigenvalue weighted by Crippen LogP contribution is 2.19. The fourth-order valence-electron chi connectivity index (χ4n) is 1.70. The number of aromatic nitrogens is 2. The molecule has 3 N–H and O–H groups in total. The molecule has 0 saturated carbocycles. The highest BCUT2D eigenvalue weighted by molar-refractivity contribution is 7.89. The fraction of sp³-hybridized carbons (Fsp3) is 0.600. The summed E-state index contributed by atoms with van der Waals surface area (Å²) >= 11 is 0. The predicted molar refractivity (Wildman–Crippen MR) is 66.6 cm³/mol. The third-order valence-corrected chi connectivity index (χ3v) is 4.14. The van der Waals surface area contributed by atoms with E-state index in [0.717, 1.165) is 0 Å². The van der Waals surface area contributed by atoms with Gasteiger partial charge in [0.1, 0.15) is 4.90 Å². The Kier molecular flexibility index (Phi) is 4.33. The van der Waals surface area contributed by atoms with E-state index in [1.165, 1.54) is 14.0 Å². The van der Waals surface area contributed by atoms with Gasteiger partial charge in [0.15, 0.2) is 5.69 Å². The minimum atomic E-state index is -4.01. The number of nitrogens with zero attached hydrogens (tertiary/aromatic N) is 1. The second-order valence-electron chi connectivity index (χ2n) is 4.75. The average Bonchev–Trinajstić information content (AvgIpc) is 2.58. The first-order valence-corrected chi connectivity index (χ1v) is 6.90. The molecule has 0 amide bonds. The molecule has 0 bridgehead atoms. The maximum absolute atomic E-state index is 12.2. The number of H-pyrrole nitrogens is 1. The lowest BCUT2D eigenvalue weighted by molar-refractivity contribution is 0.0686. The Hall–Kier alpha value is -1.45. The second-order valence-corrected chi connectivity index (χ2v) is 6.37. The first kappa shape index (κ1) is 15.6. The molecule has 0 aromatic carbocycles. The van der Waals surface area contributed by atoms with Crippen LogP contribution in [0.4, 0.5) is 0 Å². The molecular weight excluding hydrogens is 274 g/mol. The van der Waals surface area contributed by atoms with Gasteiger partial charge in [0.2, 0.25) is 10.0 Å². The molecule has 9 heteroatoms. The standard InChI is InChI=1S/C10H17N3O5S/c1-6-8(7(9(14)15)12-11-6)19(16,17)13-10(2,3)5-18-4/h13H,5H2,1-4H3,(H,11,12)(H,14,15). The van der Waals surface area contributed by atoms with Crippen molar-refractivity contribution in [2.75, 3.05) is 13.7 Å². The average molecular weight is 291 g/mol. The van der Waals surface area contributed by atoms with Crippen LogP contribution in [0.3, 0.4) is 0 Å². The van der Waals surface area contributed by atoms with Crippen LogP contribution in [-0.2, 0) is 14.8 Å². The number of carboxylic acids is 1. The van der Waals surface area contributed by atoms with Crippen LogP contribution in [0.5, 0.6) is 0 Å². The normalized spacial score (nSPS) is 12.6. The SMILES string of the molecule is COCC(C)(C)NS(=O)(=O)c1c(C(=O)O)n[nH]c1C. The van der Waals surface area contributed by atoms with E-state index in [1.807, 2.05) is 0 Å². The number of methoxy groups -OCH3 is 1. The van der Waals surface area contributed by atoms with Crippen LogP contribution in [0.2, 0.25) is 0 Å². The number of rotatable bonds is 6. The largest absolute Gasteiger partial charge is 0.476 e. The van der Waals surface area contributed by atoms with Crippen LogP contribution in [0, 0.1) is 6.92 Å². The van der Waals surface area contributed by atoms with E-state index in [9.17, 15) is 13.2 Å². The van der Waals surface area contributed by atoms with E-state index in [-0.39, 0.29) is 17.2 Å². The number of carboxylic acid groups (broad SMARTS) is 1. The maximum Gasteiger partial charge on any atom is 0.357 e. The number of aryl methyl sites for hydroxylation is 1. The van der Waals surface area contributed by atoms with E-state index in [2.05, 4.69) is 14.9 Å². The zero-order valence-corrected chi connectivity index (χ0v) is 12.0. The number of nitrogens with one attached hydrogen (secondary N) is 2. The summed E-state index contributed by atoms with van der Waals surface area (Å²) in [5.74, 6) is -1.41. The summed E-state index contributed by atoms with van der Waals surface area (Å²) in [7, 11) is -2.56. The van der Waals surface area contributed by atoms with Crippen LogP contribution in [0.15, 0.2) is 4.90 Å². The molecule has 19 heavy (non-hydrogen) atoms. The lowest BCUT2D eigenvalue weighted by atomic mass is 10.1. The highest BCUT2D eigenvalue weighted by Gasteiger charge is 2.33. The summed E-state index contributed by atoms with van der Waals surface area (Å²) in [6, 6.07) is 0. The van der Waals surface area contributed by atoms with Crippen molar-refractivity contribution in [3.63, 3.8) is 0 Å². The van der Waals surface area contributed by atoms with E-state index in [4.69, 9.17) is 9.84 Å². The Morgan fingerprint density at radius 3 is 2.58 bits per heavy atom. The van der Waals surface area contributed by atoms with E-state index < -0.39 is 27.2 Å². The van der Waals surface area contributed by atoms with Gasteiger partial charge in [-0.2, -0.15) is 5.10 Å². The Balaban J connectivity index is 3.22. The van der Waals surface area contributed by atoms with Crippen molar-refractivity contribution in [1.29, 1.82) is 0 Å². The van der Waals surface area contributed by atoms with Crippen LogP contribution >= 0.6 is 0 Å². The molecular formula is C10H17N3O5S. The van der Waals surface area contributed by atoms with Gasteiger partial charge in [0, 0.05) is 7.11 Å². The molecule has 0 radical (unpaired) electrons. The summed E-state index contributed by atoms with van der Waals surface area (Å²) in [6.07, 6.45) is 0. The molecule has 0 saturated heterocycles. The first-order valence-electron chi connectivity index (χ1n) is 5.42. The third kappa shape index (κ3) is 3.52. The minimum Gasteiger partial charge on any atom is -0.476 e. The molecule has 8 nitrogen and oxygen atoms in total. The Bertz CT molecular complexity index is 576. The molecule has 1 heterocycles. The van der Waals surface area contributed by atoms with Crippen molar-refractivity contribution in [2.24, 2.45) is 0 Å². The molecule has 1 aromatic rings. The van der Waals surface area contributed by atoms with Crippen molar-refractivity contribution < 1.29 is 23.1 Å². The summed E-state index contributed by atoms with van der Waals surface area (Å²) in [5.41, 5.74) is -1.23. The lowest BCUT2D eigenvalue weighted by Crippen LogP contribution is -2.47. The zero-order chi connectivity index (χ0) is 14.8. The number of hydrogen-bond acceptors (Lipinski definition) is 5. The van der Waals surface area contributed by atoms with Gasteiger partial charge < -0.3 is 9.84 Å². The first-order chi connectivity index (χ1) is 8.60. The van der Waals surface area contributed by atoms with Crippen LogP contribution in [0.25, 0.3) is 0 Å². The zero-order valence-electron chi connectivity index (χ0n) is 11.1. The molecule has 0 aliphatic rings. The molecule has 0 fully saturated rings. The smallest absolute Gasteiger partial charge is 0.357 e. The van der Waals surface area contributed by atoms with Crippen LogP contribution in [0.1, 0.15) is 30.0 Å². The number of aromatic amines is 1. The molecule has 0 atom stereocenters. The monoisotopic (exact) mass is 291 g/mol. The molecule has 0 aliphatic heterocycles. The summed E-state index contributed by atoms with van der Waals surface area (Å²) in [4.78, 5) is 10.6. The van der Waals surface area contributed by atoms with Gasteiger partial charge in [0.05, 0.1) is 17.8 Å². The Labute approximate surface area is 111 Å². The number of sulfonamides is 1. The van der Waals surface area contributed by atoms with Gasteiger partial charge in [-0.15, -0.1) is 0 Å². The molecule has 1 rings (SSSR count). The van der Waals surface area contributed by atoms with E-state index >= 15 is 0 Å². The molecule has 0 aliphatic carbocycles. The van der Waals surface area contributed by atoms with Crippen molar-refractivity contribution >= 4 is 16.0 Å². The predicted octanol–water partition coefficient (Wildman–Crippen LogP) is 0.120. The van der Waals surface area contributed by atoms with Gasteiger partial charge in [-0.3, -0.25) is 5.10 Å². The number of ether oxygens (including phenoxy) is 1. The van der Waals surface area contributed by atoms with Crippen molar-refractivity contribution in [2.45, 2.75) is 31.2 Å². The van der Waals surface area contributed by atoms with Crippen molar-refractivity contribution in [1.82, 2.24) is 14.9 Å². The summed E-state index contributed by atoms with van der Waals surface area (Å²) < 4.78 is 31.8.